The van der Waals surface area contributed by atoms with Gasteiger partial charge in [0.15, 0.2) is 0 Å². The number of carbonyl (C=O) groups is 1. The number of hydrogen-bond donors (Lipinski definition) is 1. The first-order valence-corrected chi connectivity index (χ1v) is 7.02. The van der Waals surface area contributed by atoms with E-state index in [-0.39, 0.29) is 5.91 Å². The largest absolute Gasteiger partial charge is 0.321 e. The van der Waals surface area contributed by atoms with Crippen molar-refractivity contribution >= 4 is 23.2 Å². The molecule has 0 aliphatic heterocycles. The second kappa shape index (κ2) is 5.99. The van der Waals surface area contributed by atoms with Crippen LogP contribution in [0.1, 0.15) is 10.5 Å². The van der Waals surface area contributed by atoms with E-state index in [0.717, 1.165) is 11.3 Å². The predicted octanol–water partition coefficient (Wildman–Crippen LogP) is 3.39. The van der Waals surface area contributed by atoms with Gasteiger partial charge in [-0.25, -0.2) is 0 Å². The minimum atomic E-state index is -0.221. The Kier molecular flexibility index (Phi) is 3.89. The SMILES string of the molecule is Cn1nc(-c2ccc(Cl)cc2)cc1C(=O)Nc1ccncc1. The number of aromatic nitrogens is 3. The number of carbonyl (C=O) groups excluding carboxylic acids is 1. The molecule has 3 rings (SSSR count). The van der Waals surface area contributed by atoms with Gasteiger partial charge in [-0.3, -0.25) is 14.5 Å². The Hall–Kier alpha value is -2.66. The van der Waals surface area contributed by atoms with Crippen molar-refractivity contribution in [3.05, 3.63) is 65.6 Å². The number of rotatable bonds is 3. The lowest BCUT2D eigenvalue weighted by Crippen LogP contribution is -2.15. The summed E-state index contributed by atoms with van der Waals surface area (Å²) in [6.07, 6.45) is 3.25. The molecule has 1 N–H and O–H groups in total. The van der Waals surface area contributed by atoms with Crippen LogP contribution in [-0.2, 0) is 7.05 Å². The lowest BCUT2D eigenvalue weighted by molar-refractivity contribution is 0.101. The molecule has 0 saturated heterocycles. The molecule has 22 heavy (non-hydrogen) atoms. The molecule has 5 nitrogen and oxygen atoms in total. The van der Waals surface area contributed by atoms with Crippen molar-refractivity contribution in [2.45, 2.75) is 0 Å². The highest BCUT2D eigenvalue weighted by atomic mass is 35.5. The maximum Gasteiger partial charge on any atom is 0.273 e. The smallest absolute Gasteiger partial charge is 0.273 e. The highest BCUT2D eigenvalue weighted by molar-refractivity contribution is 6.30. The summed E-state index contributed by atoms with van der Waals surface area (Å²) in [6, 6.07) is 12.5. The highest BCUT2D eigenvalue weighted by Gasteiger charge is 2.14. The molecule has 0 unspecified atom stereocenters. The number of anilines is 1. The van der Waals surface area contributed by atoms with E-state index < -0.39 is 0 Å². The van der Waals surface area contributed by atoms with Gasteiger partial charge in [-0.1, -0.05) is 23.7 Å². The molecule has 0 spiro atoms. The maximum absolute atomic E-state index is 12.3. The van der Waals surface area contributed by atoms with Crippen LogP contribution >= 0.6 is 11.6 Å². The van der Waals surface area contributed by atoms with Gasteiger partial charge < -0.3 is 5.32 Å². The molecule has 2 aromatic heterocycles. The fourth-order valence-electron chi connectivity index (χ4n) is 2.07. The molecular weight excluding hydrogens is 300 g/mol. The third-order valence-electron chi connectivity index (χ3n) is 3.19. The lowest BCUT2D eigenvalue weighted by atomic mass is 10.1. The van der Waals surface area contributed by atoms with E-state index in [1.54, 1.807) is 54.5 Å². The van der Waals surface area contributed by atoms with Crippen LogP contribution in [0.5, 0.6) is 0 Å². The molecule has 0 fully saturated rings. The molecule has 1 aromatic carbocycles. The van der Waals surface area contributed by atoms with Crippen LogP contribution in [0.3, 0.4) is 0 Å². The van der Waals surface area contributed by atoms with Gasteiger partial charge >= 0.3 is 0 Å². The molecule has 0 saturated carbocycles. The van der Waals surface area contributed by atoms with Gasteiger partial charge in [0, 0.05) is 35.7 Å². The molecule has 0 aliphatic carbocycles. The normalized spacial score (nSPS) is 10.5. The Morgan fingerprint density at radius 3 is 2.50 bits per heavy atom. The van der Waals surface area contributed by atoms with Gasteiger partial charge in [-0.2, -0.15) is 5.10 Å². The first-order chi connectivity index (χ1) is 10.6. The minimum Gasteiger partial charge on any atom is -0.321 e. The first kappa shape index (κ1) is 14.3. The van der Waals surface area contributed by atoms with Crippen molar-refractivity contribution in [3.63, 3.8) is 0 Å². The summed E-state index contributed by atoms with van der Waals surface area (Å²) in [4.78, 5) is 16.2. The molecule has 3 aromatic rings. The fraction of sp³-hybridized carbons (Fsp3) is 0.0625. The zero-order chi connectivity index (χ0) is 15.5. The Morgan fingerprint density at radius 1 is 1.14 bits per heavy atom. The average Bonchev–Trinajstić information content (AvgIpc) is 2.91. The van der Waals surface area contributed by atoms with Crippen molar-refractivity contribution in [1.29, 1.82) is 0 Å². The van der Waals surface area contributed by atoms with E-state index in [1.807, 2.05) is 12.1 Å². The molecule has 6 heteroatoms. The molecule has 110 valence electrons. The van der Waals surface area contributed by atoms with E-state index in [4.69, 9.17) is 11.6 Å². The van der Waals surface area contributed by atoms with Crippen molar-refractivity contribution in [1.82, 2.24) is 14.8 Å². The Labute approximate surface area is 132 Å². The van der Waals surface area contributed by atoms with Crippen LogP contribution in [0.15, 0.2) is 54.9 Å². The number of pyridine rings is 1. The monoisotopic (exact) mass is 312 g/mol. The third kappa shape index (κ3) is 2.99. The van der Waals surface area contributed by atoms with Gasteiger partial charge in [0.1, 0.15) is 5.69 Å². The van der Waals surface area contributed by atoms with Gasteiger partial charge in [0.05, 0.1) is 5.69 Å². The van der Waals surface area contributed by atoms with E-state index in [2.05, 4.69) is 15.4 Å². The van der Waals surface area contributed by atoms with E-state index in [1.165, 1.54) is 0 Å². The number of halogens is 1. The number of amides is 1. The second-order valence-electron chi connectivity index (χ2n) is 4.74. The molecule has 2 heterocycles. The number of nitrogens with zero attached hydrogens (tertiary/aromatic N) is 3. The first-order valence-electron chi connectivity index (χ1n) is 6.65. The van der Waals surface area contributed by atoms with E-state index in [9.17, 15) is 4.79 Å². The molecule has 1 amide bonds. The van der Waals surface area contributed by atoms with Crippen LogP contribution in [0.25, 0.3) is 11.3 Å². The summed E-state index contributed by atoms with van der Waals surface area (Å²) in [5, 5.41) is 7.85. The summed E-state index contributed by atoms with van der Waals surface area (Å²) < 4.78 is 1.56. The zero-order valence-electron chi connectivity index (χ0n) is 11.8. The van der Waals surface area contributed by atoms with Crippen LogP contribution in [0.2, 0.25) is 5.02 Å². The summed E-state index contributed by atoms with van der Waals surface area (Å²) in [6.45, 7) is 0. The summed E-state index contributed by atoms with van der Waals surface area (Å²) >= 11 is 5.88. The van der Waals surface area contributed by atoms with Gasteiger partial charge in [-0.05, 0) is 30.3 Å². The van der Waals surface area contributed by atoms with Crippen LogP contribution in [-0.4, -0.2) is 20.7 Å². The van der Waals surface area contributed by atoms with Crippen molar-refractivity contribution in [3.8, 4) is 11.3 Å². The van der Waals surface area contributed by atoms with Gasteiger partial charge in [-0.15, -0.1) is 0 Å². The average molecular weight is 313 g/mol. The van der Waals surface area contributed by atoms with Crippen molar-refractivity contribution in [2.75, 3.05) is 5.32 Å². The van der Waals surface area contributed by atoms with E-state index >= 15 is 0 Å². The lowest BCUT2D eigenvalue weighted by Gasteiger charge is -2.04. The quantitative estimate of drug-likeness (QED) is 0.806. The number of benzene rings is 1. The van der Waals surface area contributed by atoms with Crippen LogP contribution < -0.4 is 5.32 Å². The Morgan fingerprint density at radius 2 is 1.82 bits per heavy atom. The van der Waals surface area contributed by atoms with Crippen LogP contribution in [0.4, 0.5) is 5.69 Å². The third-order valence-corrected chi connectivity index (χ3v) is 3.44. The van der Waals surface area contributed by atoms with Gasteiger partial charge in [0.25, 0.3) is 5.91 Å². The summed E-state index contributed by atoms with van der Waals surface area (Å²) in [7, 11) is 1.74. The van der Waals surface area contributed by atoms with Crippen LogP contribution in [0, 0.1) is 0 Å². The Bertz CT molecular complexity index is 797. The summed E-state index contributed by atoms with van der Waals surface area (Å²) in [5.41, 5.74) is 2.79. The number of nitrogens with one attached hydrogen (secondary N) is 1. The molecule has 0 bridgehead atoms. The van der Waals surface area contributed by atoms with E-state index in [0.29, 0.717) is 16.4 Å². The molecular formula is C16H13ClN4O. The molecule has 0 aliphatic rings. The predicted molar refractivity (Wildman–Crippen MR) is 85.8 cm³/mol. The second-order valence-corrected chi connectivity index (χ2v) is 5.17. The van der Waals surface area contributed by atoms with Gasteiger partial charge in [0.2, 0.25) is 0 Å². The highest BCUT2D eigenvalue weighted by Crippen LogP contribution is 2.21. The zero-order valence-corrected chi connectivity index (χ0v) is 12.6. The number of hydrogen-bond acceptors (Lipinski definition) is 3. The molecule has 0 atom stereocenters. The number of aryl methyl sites for hydroxylation is 1. The minimum absolute atomic E-state index is 0.221. The standard InChI is InChI=1S/C16H13ClN4O/c1-21-15(16(22)19-13-6-8-18-9-7-13)10-14(20-21)11-2-4-12(17)5-3-11/h2-10H,1H3,(H,18,19,22). The van der Waals surface area contributed by atoms with Crippen molar-refractivity contribution < 1.29 is 4.79 Å². The summed E-state index contributed by atoms with van der Waals surface area (Å²) in [5.74, 6) is -0.221. The maximum atomic E-state index is 12.3. The molecule has 0 radical (unpaired) electrons. The topological polar surface area (TPSA) is 59.8 Å². The van der Waals surface area contributed by atoms with Crippen molar-refractivity contribution in [2.24, 2.45) is 7.05 Å². The Balaban J connectivity index is 1.86. The fourth-order valence-corrected chi connectivity index (χ4v) is 2.20.